The molecule has 0 bridgehead atoms. The molecule has 0 aliphatic rings. The maximum absolute atomic E-state index is 12.4. The number of para-hydroxylation sites is 1. The summed E-state index contributed by atoms with van der Waals surface area (Å²) in [7, 11) is 0. The Balaban J connectivity index is 1.37. The average Bonchev–Trinajstić information content (AvgIpc) is 3.38. The van der Waals surface area contributed by atoms with Crippen LogP contribution < -0.4 is 10.6 Å². The number of nitrogens with one attached hydrogen (secondary N) is 2. The molecular weight excluding hydrogens is 418 g/mol. The van der Waals surface area contributed by atoms with Gasteiger partial charge in [-0.05, 0) is 53.4 Å². The first-order valence-corrected chi connectivity index (χ1v) is 11.0. The van der Waals surface area contributed by atoms with E-state index in [1.807, 2.05) is 65.4 Å². The van der Waals surface area contributed by atoms with E-state index in [9.17, 15) is 4.79 Å². The molecule has 32 heavy (non-hydrogen) atoms. The van der Waals surface area contributed by atoms with E-state index in [-0.39, 0.29) is 5.91 Å². The second-order valence-corrected chi connectivity index (χ2v) is 7.95. The van der Waals surface area contributed by atoms with Gasteiger partial charge in [-0.25, -0.2) is 9.97 Å². The van der Waals surface area contributed by atoms with Crippen molar-refractivity contribution in [2.75, 3.05) is 10.6 Å². The van der Waals surface area contributed by atoms with Gasteiger partial charge in [0.15, 0.2) is 5.82 Å². The van der Waals surface area contributed by atoms with E-state index in [0.717, 1.165) is 33.5 Å². The summed E-state index contributed by atoms with van der Waals surface area (Å²) in [6, 6.07) is 21.1. The van der Waals surface area contributed by atoms with Gasteiger partial charge in [0, 0.05) is 46.5 Å². The van der Waals surface area contributed by atoms with Gasteiger partial charge in [0.05, 0.1) is 5.52 Å². The lowest BCUT2D eigenvalue weighted by Gasteiger charge is -2.12. The molecule has 0 unspecified atom stereocenters. The molecule has 0 atom stereocenters. The van der Waals surface area contributed by atoms with Gasteiger partial charge in [0.1, 0.15) is 5.82 Å². The van der Waals surface area contributed by atoms with Crippen LogP contribution in [-0.2, 0) is 6.54 Å². The van der Waals surface area contributed by atoms with Gasteiger partial charge in [-0.15, -0.1) is 0 Å². The Hall–Kier alpha value is -4.10. The zero-order chi connectivity index (χ0) is 21.8. The molecule has 0 aliphatic carbocycles. The van der Waals surface area contributed by atoms with Crippen molar-refractivity contribution in [1.82, 2.24) is 15.0 Å². The molecule has 3 heterocycles. The number of carbonyl (C=O) groups is 1. The van der Waals surface area contributed by atoms with Crippen LogP contribution >= 0.6 is 11.3 Å². The van der Waals surface area contributed by atoms with Crippen molar-refractivity contribution in [2.45, 2.75) is 6.54 Å². The SMILES string of the molecule is O=C(Nc1cccc(CNc2nc(-c3ccsc3)nc3ccccc23)c1)c1ccncc1. The lowest BCUT2D eigenvalue weighted by atomic mass is 10.1. The summed E-state index contributed by atoms with van der Waals surface area (Å²) in [5.74, 6) is 1.31. The molecule has 5 aromatic rings. The molecule has 6 nitrogen and oxygen atoms in total. The summed E-state index contributed by atoms with van der Waals surface area (Å²) in [6.07, 6.45) is 3.21. The molecule has 0 fully saturated rings. The lowest BCUT2D eigenvalue weighted by molar-refractivity contribution is 0.102. The number of thiophene rings is 1. The van der Waals surface area contributed by atoms with E-state index in [1.54, 1.807) is 35.9 Å². The number of benzene rings is 2. The smallest absolute Gasteiger partial charge is 0.255 e. The van der Waals surface area contributed by atoms with E-state index < -0.39 is 0 Å². The zero-order valence-corrected chi connectivity index (χ0v) is 17.8. The van der Waals surface area contributed by atoms with E-state index in [2.05, 4.69) is 15.6 Å². The number of carbonyl (C=O) groups excluding carboxylic acids is 1. The third-order valence-electron chi connectivity index (χ3n) is 4.97. The standard InChI is InChI=1S/C25H19N5OS/c31-25(18-8-11-26-12-9-18)28-20-5-3-4-17(14-20)15-27-24-21-6-1-2-7-22(21)29-23(30-24)19-10-13-32-16-19/h1-14,16H,15H2,(H,28,31)(H,27,29,30). The second kappa shape index (κ2) is 8.95. The topological polar surface area (TPSA) is 79.8 Å². The van der Waals surface area contributed by atoms with Crippen LogP contribution in [0.4, 0.5) is 11.5 Å². The number of pyridine rings is 1. The summed E-state index contributed by atoms with van der Waals surface area (Å²) in [4.78, 5) is 25.9. The largest absolute Gasteiger partial charge is 0.365 e. The molecule has 0 saturated carbocycles. The minimum Gasteiger partial charge on any atom is -0.365 e. The van der Waals surface area contributed by atoms with Crippen molar-refractivity contribution in [2.24, 2.45) is 0 Å². The highest BCUT2D eigenvalue weighted by Crippen LogP contribution is 2.26. The molecule has 2 N–H and O–H groups in total. The molecule has 0 saturated heterocycles. The van der Waals surface area contributed by atoms with Crippen LogP contribution in [-0.4, -0.2) is 20.9 Å². The summed E-state index contributed by atoms with van der Waals surface area (Å²) in [5.41, 5.74) is 4.22. The normalized spacial score (nSPS) is 10.8. The minimum atomic E-state index is -0.167. The first-order chi connectivity index (χ1) is 15.8. The van der Waals surface area contributed by atoms with Crippen LogP contribution in [0.25, 0.3) is 22.3 Å². The summed E-state index contributed by atoms with van der Waals surface area (Å²) in [6.45, 7) is 0.559. The maximum atomic E-state index is 12.4. The minimum absolute atomic E-state index is 0.167. The summed E-state index contributed by atoms with van der Waals surface area (Å²) < 4.78 is 0. The Kier molecular flexibility index (Phi) is 5.55. The Morgan fingerprint density at radius 3 is 2.66 bits per heavy atom. The van der Waals surface area contributed by atoms with Crippen LogP contribution in [0.2, 0.25) is 0 Å². The molecule has 0 spiro atoms. The van der Waals surface area contributed by atoms with E-state index in [1.165, 1.54) is 0 Å². The van der Waals surface area contributed by atoms with E-state index in [4.69, 9.17) is 9.97 Å². The molecule has 7 heteroatoms. The fraction of sp³-hybridized carbons (Fsp3) is 0.0400. The molecule has 0 aliphatic heterocycles. The number of rotatable bonds is 6. The van der Waals surface area contributed by atoms with Crippen molar-refractivity contribution in [3.63, 3.8) is 0 Å². The van der Waals surface area contributed by atoms with Crippen LogP contribution in [0.15, 0.2) is 89.9 Å². The summed E-state index contributed by atoms with van der Waals surface area (Å²) >= 11 is 1.62. The van der Waals surface area contributed by atoms with Crippen LogP contribution in [0.5, 0.6) is 0 Å². The highest BCUT2D eigenvalue weighted by molar-refractivity contribution is 7.08. The molecular formula is C25H19N5OS. The number of fused-ring (bicyclic) bond motifs is 1. The first-order valence-electron chi connectivity index (χ1n) is 10.1. The molecule has 0 radical (unpaired) electrons. The second-order valence-electron chi connectivity index (χ2n) is 7.17. The number of nitrogens with zero attached hydrogens (tertiary/aromatic N) is 3. The Labute approximate surface area is 189 Å². The quantitative estimate of drug-likeness (QED) is 0.360. The van der Waals surface area contributed by atoms with Gasteiger partial charge >= 0.3 is 0 Å². The van der Waals surface area contributed by atoms with Crippen LogP contribution in [0.1, 0.15) is 15.9 Å². The van der Waals surface area contributed by atoms with E-state index >= 15 is 0 Å². The Morgan fingerprint density at radius 2 is 1.81 bits per heavy atom. The number of anilines is 2. The van der Waals surface area contributed by atoms with E-state index in [0.29, 0.717) is 17.9 Å². The summed E-state index contributed by atoms with van der Waals surface area (Å²) in [5, 5.41) is 11.4. The number of amides is 1. The van der Waals surface area contributed by atoms with Gasteiger partial charge in [0.2, 0.25) is 0 Å². The highest BCUT2D eigenvalue weighted by Gasteiger charge is 2.10. The lowest BCUT2D eigenvalue weighted by Crippen LogP contribution is -2.12. The van der Waals surface area contributed by atoms with Crippen LogP contribution in [0, 0.1) is 0 Å². The zero-order valence-electron chi connectivity index (χ0n) is 17.0. The predicted octanol–water partition coefficient (Wildman–Crippen LogP) is 5.62. The van der Waals surface area contributed by atoms with Crippen molar-refractivity contribution >= 4 is 39.7 Å². The van der Waals surface area contributed by atoms with Gasteiger partial charge in [-0.1, -0.05) is 24.3 Å². The van der Waals surface area contributed by atoms with Crippen molar-refractivity contribution in [3.05, 3.63) is 101 Å². The number of hydrogen-bond acceptors (Lipinski definition) is 6. The Morgan fingerprint density at radius 1 is 0.938 bits per heavy atom. The van der Waals surface area contributed by atoms with Gasteiger partial charge < -0.3 is 10.6 Å². The highest BCUT2D eigenvalue weighted by atomic mass is 32.1. The third-order valence-corrected chi connectivity index (χ3v) is 5.65. The molecule has 2 aromatic carbocycles. The molecule has 3 aromatic heterocycles. The van der Waals surface area contributed by atoms with Crippen molar-refractivity contribution in [1.29, 1.82) is 0 Å². The van der Waals surface area contributed by atoms with Gasteiger partial charge in [-0.2, -0.15) is 11.3 Å². The predicted molar refractivity (Wildman–Crippen MR) is 129 cm³/mol. The maximum Gasteiger partial charge on any atom is 0.255 e. The molecule has 156 valence electrons. The average molecular weight is 438 g/mol. The molecule has 1 amide bonds. The first kappa shape index (κ1) is 19.8. The van der Waals surface area contributed by atoms with Gasteiger partial charge in [0.25, 0.3) is 5.91 Å². The number of hydrogen-bond donors (Lipinski definition) is 2. The van der Waals surface area contributed by atoms with Crippen molar-refractivity contribution < 1.29 is 4.79 Å². The fourth-order valence-electron chi connectivity index (χ4n) is 3.38. The number of aromatic nitrogens is 3. The monoisotopic (exact) mass is 437 g/mol. The molecule has 5 rings (SSSR count). The fourth-order valence-corrected chi connectivity index (χ4v) is 4.02. The Bertz CT molecular complexity index is 1370. The van der Waals surface area contributed by atoms with Crippen molar-refractivity contribution in [3.8, 4) is 11.4 Å². The third kappa shape index (κ3) is 4.33. The van der Waals surface area contributed by atoms with Gasteiger partial charge in [-0.3, -0.25) is 9.78 Å². The van der Waals surface area contributed by atoms with Crippen LogP contribution in [0.3, 0.4) is 0 Å².